The first-order valence-electron chi connectivity index (χ1n) is 11.0. The number of halogens is 1. The van der Waals surface area contributed by atoms with Crippen molar-refractivity contribution in [3.05, 3.63) is 110 Å². The molecule has 0 aliphatic carbocycles. The molecule has 0 bridgehead atoms. The van der Waals surface area contributed by atoms with Crippen molar-refractivity contribution in [3.63, 3.8) is 0 Å². The van der Waals surface area contributed by atoms with Crippen molar-refractivity contribution in [1.82, 2.24) is 19.1 Å². The number of pyridine rings is 1. The molecule has 12 heteroatoms. The Bertz CT molecular complexity index is 1590. The van der Waals surface area contributed by atoms with Gasteiger partial charge in [0.2, 0.25) is 5.62 Å². The fourth-order valence-electron chi connectivity index (χ4n) is 3.38. The van der Waals surface area contributed by atoms with Crippen molar-refractivity contribution >= 4 is 23.3 Å². The summed E-state index contributed by atoms with van der Waals surface area (Å²) in [6, 6.07) is 14.8. The van der Waals surface area contributed by atoms with Crippen molar-refractivity contribution in [2.45, 2.75) is 13.1 Å². The van der Waals surface area contributed by atoms with E-state index in [1.54, 1.807) is 48.5 Å². The van der Waals surface area contributed by atoms with Crippen LogP contribution in [0.5, 0.6) is 11.5 Å². The monoisotopic (exact) mass is 523 g/mol. The topological polar surface area (TPSA) is 141 Å². The van der Waals surface area contributed by atoms with E-state index < -0.39 is 17.3 Å². The van der Waals surface area contributed by atoms with E-state index in [0.717, 1.165) is 10.1 Å². The van der Waals surface area contributed by atoms with Crippen LogP contribution in [-0.4, -0.2) is 43.9 Å². The molecule has 4 rings (SSSR count). The molecule has 0 saturated heterocycles. The third-order valence-corrected chi connectivity index (χ3v) is 5.47. The summed E-state index contributed by atoms with van der Waals surface area (Å²) in [7, 11) is 1.48. The number of rotatable bonds is 9. The van der Waals surface area contributed by atoms with E-state index >= 15 is 0 Å². The Kier molecular flexibility index (Phi) is 7.96. The molecule has 0 aliphatic rings. The molecule has 37 heavy (non-hydrogen) atoms. The summed E-state index contributed by atoms with van der Waals surface area (Å²) in [4.78, 5) is 48.0. The summed E-state index contributed by atoms with van der Waals surface area (Å²) in [5, 5.41) is 9.67. The minimum atomic E-state index is -1.11. The Balaban J connectivity index is 1.69. The van der Waals surface area contributed by atoms with Gasteiger partial charge in [-0.25, -0.2) is 23.9 Å². The van der Waals surface area contributed by atoms with Crippen molar-refractivity contribution in [2.75, 3.05) is 13.7 Å². The fraction of sp³-hybridized carbons (Fsp3) is 0.160. The Hall–Kier alpha value is -4.48. The number of ether oxygens (including phenoxy) is 2. The van der Waals surface area contributed by atoms with Gasteiger partial charge in [0.25, 0.3) is 0 Å². The number of carboxylic acids is 1. The first-order valence-corrected chi connectivity index (χ1v) is 11.4. The zero-order chi connectivity index (χ0) is 26.4. The van der Waals surface area contributed by atoms with Crippen molar-refractivity contribution in [2.24, 2.45) is 4.99 Å². The van der Waals surface area contributed by atoms with Gasteiger partial charge in [0.15, 0.2) is 0 Å². The highest BCUT2D eigenvalue weighted by molar-refractivity contribution is 6.30. The minimum absolute atomic E-state index is 0.00134. The normalized spacial score (nSPS) is 11.5. The number of methoxy groups -OCH3 is 1. The van der Waals surface area contributed by atoms with Crippen LogP contribution in [0.15, 0.2) is 81.6 Å². The van der Waals surface area contributed by atoms with E-state index in [9.17, 15) is 14.4 Å². The van der Waals surface area contributed by atoms with Gasteiger partial charge in [0.05, 0.1) is 37.1 Å². The smallest absolute Gasteiger partial charge is 0.337 e. The number of hydrogen-bond acceptors (Lipinski definition) is 7. The van der Waals surface area contributed by atoms with E-state index in [1.165, 1.54) is 30.1 Å². The lowest BCUT2D eigenvalue weighted by Gasteiger charge is -2.11. The van der Waals surface area contributed by atoms with Gasteiger partial charge in [0, 0.05) is 18.3 Å². The van der Waals surface area contributed by atoms with Crippen LogP contribution in [0.4, 0.5) is 5.69 Å². The maximum atomic E-state index is 13.2. The fourth-order valence-corrected chi connectivity index (χ4v) is 3.50. The molecule has 0 saturated carbocycles. The molecular weight excluding hydrogens is 502 g/mol. The van der Waals surface area contributed by atoms with Gasteiger partial charge in [-0.2, -0.15) is 0 Å². The molecule has 0 spiro atoms. The Labute approximate surface area is 214 Å². The van der Waals surface area contributed by atoms with Crippen LogP contribution < -0.4 is 21.7 Å². The second-order valence-corrected chi connectivity index (χ2v) is 8.25. The quantitative estimate of drug-likeness (QED) is 0.343. The van der Waals surface area contributed by atoms with Gasteiger partial charge in [0.1, 0.15) is 11.5 Å². The molecule has 190 valence electrons. The molecule has 2 heterocycles. The van der Waals surface area contributed by atoms with E-state index in [2.05, 4.69) is 15.0 Å². The zero-order valence-electron chi connectivity index (χ0n) is 19.6. The van der Waals surface area contributed by atoms with Gasteiger partial charge in [-0.15, -0.1) is 0 Å². The average molecular weight is 524 g/mol. The second-order valence-electron chi connectivity index (χ2n) is 7.82. The standard InChI is InChI=1S/C25H22ClN5O6/c1-36-11-10-30-24(34)29-23(31(25(30)35)15-16-2-4-18(26)5-3-16)28-19-6-8-20(9-7-19)37-21-12-17(22(32)33)13-27-14-21/h2-9,12-14H,10-11,15H2,1H3,(H,32,33)(H,28,29,34). The van der Waals surface area contributed by atoms with Crippen LogP contribution in [0.2, 0.25) is 5.02 Å². The van der Waals surface area contributed by atoms with Crippen LogP contribution in [-0.2, 0) is 17.8 Å². The molecule has 0 fully saturated rings. The molecule has 0 unspecified atom stereocenters. The molecule has 0 amide bonds. The number of nitrogens with one attached hydrogen (secondary N) is 1. The van der Waals surface area contributed by atoms with Crippen LogP contribution in [0, 0.1) is 0 Å². The highest BCUT2D eigenvalue weighted by Gasteiger charge is 2.10. The Morgan fingerprint density at radius 3 is 2.46 bits per heavy atom. The molecule has 2 aromatic heterocycles. The van der Waals surface area contributed by atoms with Crippen LogP contribution in [0.25, 0.3) is 0 Å². The molecular formula is C25H22ClN5O6. The highest BCUT2D eigenvalue weighted by Crippen LogP contribution is 2.24. The van der Waals surface area contributed by atoms with Gasteiger partial charge in [-0.3, -0.25) is 14.5 Å². The number of nitrogens with zero attached hydrogens (tertiary/aromatic N) is 4. The largest absolute Gasteiger partial charge is 0.478 e. The van der Waals surface area contributed by atoms with Gasteiger partial charge < -0.3 is 14.6 Å². The van der Waals surface area contributed by atoms with E-state index in [-0.39, 0.29) is 36.6 Å². The van der Waals surface area contributed by atoms with E-state index in [4.69, 9.17) is 26.2 Å². The predicted molar refractivity (Wildman–Crippen MR) is 135 cm³/mol. The number of aromatic carboxylic acids is 1. The molecule has 4 aromatic rings. The second kappa shape index (κ2) is 11.5. The number of aromatic amines is 1. The highest BCUT2D eigenvalue weighted by atomic mass is 35.5. The molecule has 0 aliphatic heterocycles. The van der Waals surface area contributed by atoms with Crippen LogP contribution in [0.3, 0.4) is 0 Å². The van der Waals surface area contributed by atoms with Gasteiger partial charge in [-0.1, -0.05) is 23.7 Å². The predicted octanol–water partition coefficient (Wildman–Crippen LogP) is 2.80. The summed E-state index contributed by atoms with van der Waals surface area (Å²) < 4.78 is 13.1. The van der Waals surface area contributed by atoms with Gasteiger partial charge in [-0.05, 0) is 48.0 Å². The van der Waals surface area contributed by atoms with Crippen LogP contribution >= 0.6 is 11.6 Å². The number of carboxylic acid groups (broad SMARTS) is 1. The average Bonchev–Trinajstić information content (AvgIpc) is 2.88. The Morgan fingerprint density at radius 1 is 1.05 bits per heavy atom. The van der Waals surface area contributed by atoms with Crippen molar-refractivity contribution in [3.8, 4) is 11.5 Å². The minimum Gasteiger partial charge on any atom is -0.478 e. The maximum absolute atomic E-state index is 13.2. The number of carbonyl (C=O) groups is 1. The zero-order valence-corrected chi connectivity index (χ0v) is 20.4. The molecule has 0 atom stereocenters. The maximum Gasteiger partial charge on any atom is 0.337 e. The number of benzene rings is 2. The third-order valence-electron chi connectivity index (χ3n) is 5.22. The molecule has 0 radical (unpaired) electrons. The summed E-state index contributed by atoms with van der Waals surface area (Å²) in [6.45, 7) is 0.412. The van der Waals surface area contributed by atoms with E-state index in [0.29, 0.717) is 16.5 Å². The van der Waals surface area contributed by atoms with Crippen molar-refractivity contribution < 1.29 is 19.4 Å². The van der Waals surface area contributed by atoms with Crippen LogP contribution in [0.1, 0.15) is 15.9 Å². The number of aromatic nitrogens is 4. The summed E-state index contributed by atoms with van der Waals surface area (Å²) in [5.74, 6) is -0.438. The first kappa shape index (κ1) is 25.6. The summed E-state index contributed by atoms with van der Waals surface area (Å²) in [5.41, 5.74) is 0.136. The lowest BCUT2D eigenvalue weighted by molar-refractivity contribution is 0.0696. The number of H-pyrrole nitrogens is 1. The Morgan fingerprint density at radius 2 is 1.78 bits per heavy atom. The lowest BCUT2D eigenvalue weighted by Crippen LogP contribution is -2.50. The number of hydrogen-bond donors (Lipinski definition) is 2. The van der Waals surface area contributed by atoms with Gasteiger partial charge >= 0.3 is 17.3 Å². The van der Waals surface area contributed by atoms with Crippen molar-refractivity contribution in [1.29, 1.82) is 0 Å². The lowest BCUT2D eigenvalue weighted by atomic mass is 10.2. The molecule has 11 nitrogen and oxygen atoms in total. The van der Waals surface area contributed by atoms with E-state index in [1.807, 2.05) is 0 Å². The molecule has 2 N–H and O–H groups in total. The SMILES string of the molecule is COCCn1c(=O)[nH]/c(=N\c2ccc(Oc3cncc(C(=O)O)c3)cc2)n(Cc2ccc(Cl)cc2)c1=O. The summed E-state index contributed by atoms with van der Waals surface area (Å²) in [6.07, 6.45) is 2.62. The third kappa shape index (κ3) is 6.40. The molecule has 2 aromatic carbocycles. The first-order chi connectivity index (χ1) is 17.8. The summed E-state index contributed by atoms with van der Waals surface area (Å²) >= 11 is 5.98.